The van der Waals surface area contributed by atoms with E-state index in [0.717, 1.165) is 38.5 Å². The van der Waals surface area contributed by atoms with Crippen molar-refractivity contribution in [1.82, 2.24) is 25.3 Å². The van der Waals surface area contributed by atoms with E-state index in [2.05, 4.69) is 65.4 Å². The number of benzene rings is 1. The van der Waals surface area contributed by atoms with Crippen molar-refractivity contribution in [2.24, 2.45) is 0 Å². The number of aromatic nitrogens is 2. The number of hydrogen-bond donors (Lipinski definition) is 1. The van der Waals surface area contributed by atoms with E-state index in [4.69, 9.17) is 9.51 Å². The molecule has 1 aromatic carbocycles. The van der Waals surface area contributed by atoms with E-state index in [0.29, 0.717) is 5.89 Å². The zero-order valence-electron chi connectivity index (χ0n) is 14.8. The van der Waals surface area contributed by atoms with Gasteiger partial charge in [0.2, 0.25) is 5.89 Å². The zero-order valence-corrected chi connectivity index (χ0v) is 14.8. The lowest BCUT2D eigenvalue weighted by Gasteiger charge is -2.30. The summed E-state index contributed by atoms with van der Waals surface area (Å²) in [4.78, 5) is 9.40. The van der Waals surface area contributed by atoms with Crippen molar-refractivity contribution in [2.45, 2.75) is 25.9 Å². The molecule has 0 saturated carbocycles. The molecule has 0 spiro atoms. The Kier molecular flexibility index (Phi) is 5.60. The van der Waals surface area contributed by atoms with Gasteiger partial charge in [0, 0.05) is 19.6 Å². The molecule has 1 aromatic heterocycles. The molecule has 6 heteroatoms. The summed E-state index contributed by atoms with van der Waals surface area (Å²) in [5.74, 6) is 1.45. The Labute approximate surface area is 143 Å². The first-order valence-corrected chi connectivity index (χ1v) is 8.78. The van der Waals surface area contributed by atoms with Gasteiger partial charge in [0.15, 0.2) is 5.82 Å². The van der Waals surface area contributed by atoms with E-state index in [1.54, 1.807) is 0 Å². The summed E-state index contributed by atoms with van der Waals surface area (Å²) in [7, 11) is 2.11. The maximum atomic E-state index is 5.71. The Morgan fingerprint density at radius 2 is 2.04 bits per heavy atom. The highest BCUT2D eigenvalue weighted by atomic mass is 16.5. The Hall–Kier alpha value is -1.76. The third-order valence-corrected chi connectivity index (χ3v) is 4.79. The van der Waals surface area contributed by atoms with Gasteiger partial charge >= 0.3 is 0 Å². The van der Waals surface area contributed by atoms with Crippen molar-refractivity contribution < 1.29 is 4.52 Å². The Balaban J connectivity index is 1.91. The van der Waals surface area contributed by atoms with E-state index >= 15 is 0 Å². The van der Waals surface area contributed by atoms with Crippen molar-refractivity contribution in [3.63, 3.8) is 0 Å². The van der Waals surface area contributed by atoms with Crippen molar-refractivity contribution in [2.75, 3.05) is 39.8 Å². The van der Waals surface area contributed by atoms with Crippen molar-refractivity contribution >= 4 is 0 Å². The molecule has 130 valence electrons. The standard InChI is InChI=1S/C18H27N5O/c1-4-23(5-2)16(14-9-7-6-8-10-14)18-20-17(21-24-18)15-13-19-11-12-22(15)3/h6-10,15-16,19H,4-5,11-13H2,1-3H3. The van der Waals surface area contributed by atoms with Crippen LogP contribution in [0.3, 0.4) is 0 Å². The van der Waals surface area contributed by atoms with Crippen LogP contribution in [0.1, 0.15) is 43.2 Å². The summed E-state index contributed by atoms with van der Waals surface area (Å²) in [6.45, 7) is 9.04. The van der Waals surface area contributed by atoms with Crippen molar-refractivity contribution in [3.8, 4) is 0 Å². The largest absolute Gasteiger partial charge is 0.337 e. The molecule has 1 saturated heterocycles. The molecule has 2 atom stereocenters. The number of nitrogens with zero attached hydrogens (tertiary/aromatic N) is 4. The smallest absolute Gasteiger partial charge is 0.248 e. The normalized spacial score (nSPS) is 20.4. The van der Waals surface area contributed by atoms with Gasteiger partial charge in [-0.1, -0.05) is 49.3 Å². The molecule has 1 aliphatic rings. The number of rotatable bonds is 6. The van der Waals surface area contributed by atoms with Gasteiger partial charge in [-0.05, 0) is 25.7 Å². The fourth-order valence-corrected chi connectivity index (χ4v) is 3.32. The van der Waals surface area contributed by atoms with Crippen LogP contribution in [0.2, 0.25) is 0 Å². The van der Waals surface area contributed by atoms with Gasteiger partial charge in [-0.15, -0.1) is 0 Å². The lowest BCUT2D eigenvalue weighted by molar-refractivity contribution is 0.188. The quantitative estimate of drug-likeness (QED) is 0.876. The maximum absolute atomic E-state index is 5.71. The predicted molar refractivity (Wildman–Crippen MR) is 93.7 cm³/mol. The first-order valence-electron chi connectivity index (χ1n) is 8.78. The molecule has 0 radical (unpaired) electrons. The van der Waals surface area contributed by atoms with E-state index in [1.807, 2.05) is 6.07 Å². The number of likely N-dealkylation sites (N-methyl/N-ethyl adjacent to an activating group) is 1. The molecular weight excluding hydrogens is 302 g/mol. The first kappa shape index (κ1) is 17.1. The summed E-state index contributed by atoms with van der Waals surface area (Å²) in [6, 6.07) is 10.6. The van der Waals surface area contributed by atoms with Crippen LogP contribution in [0.25, 0.3) is 0 Å². The molecule has 2 unspecified atom stereocenters. The molecular formula is C18H27N5O. The van der Waals surface area contributed by atoms with Gasteiger partial charge in [-0.25, -0.2) is 0 Å². The topological polar surface area (TPSA) is 57.4 Å². The van der Waals surface area contributed by atoms with Gasteiger partial charge in [-0.3, -0.25) is 9.80 Å². The molecule has 3 rings (SSSR count). The monoisotopic (exact) mass is 329 g/mol. The van der Waals surface area contributed by atoms with Crippen LogP contribution in [0.4, 0.5) is 0 Å². The lowest BCUT2D eigenvalue weighted by atomic mass is 10.1. The molecule has 2 aromatic rings. The minimum absolute atomic E-state index is 0.00399. The third kappa shape index (κ3) is 3.50. The van der Waals surface area contributed by atoms with Gasteiger partial charge in [0.25, 0.3) is 0 Å². The second-order valence-corrected chi connectivity index (χ2v) is 6.23. The predicted octanol–water partition coefficient (Wildman–Crippen LogP) is 2.08. The molecule has 6 nitrogen and oxygen atoms in total. The summed E-state index contributed by atoms with van der Waals surface area (Å²) in [6.07, 6.45) is 0. The summed E-state index contributed by atoms with van der Waals surface area (Å²) in [5.41, 5.74) is 1.19. The SMILES string of the molecule is CCN(CC)C(c1ccccc1)c1nc(C2CNCCN2C)no1. The van der Waals surface area contributed by atoms with Crippen LogP contribution in [0.15, 0.2) is 34.9 Å². The Morgan fingerprint density at radius 3 is 2.71 bits per heavy atom. The molecule has 2 heterocycles. The molecule has 0 amide bonds. The summed E-state index contributed by atoms with van der Waals surface area (Å²) >= 11 is 0. The van der Waals surface area contributed by atoms with Crippen LogP contribution in [-0.2, 0) is 0 Å². The van der Waals surface area contributed by atoms with Gasteiger partial charge in [0.05, 0.1) is 6.04 Å². The lowest BCUT2D eigenvalue weighted by Crippen LogP contribution is -2.44. The highest BCUT2D eigenvalue weighted by Crippen LogP contribution is 2.28. The van der Waals surface area contributed by atoms with Gasteiger partial charge in [-0.2, -0.15) is 4.98 Å². The zero-order chi connectivity index (χ0) is 16.9. The average molecular weight is 329 g/mol. The Bertz CT molecular complexity index is 625. The highest BCUT2D eigenvalue weighted by Gasteiger charge is 2.30. The average Bonchev–Trinajstić information content (AvgIpc) is 3.10. The van der Waals surface area contributed by atoms with E-state index in [-0.39, 0.29) is 12.1 Å². The minimum atomic E-state index is 0.00399. The van der Waals surface area contributed by atoms with Crippen LogP contribution < -0.4 is 5.32 Å². The van der Waals surface area contributed by atoms with Crippen LogP contribution in [0.5, 0.6) is 0 Å². The van der Waals surface area contributed by atoms with Crippen molar-refractivity contribution in [1.29, 1.82) is 0 Å². The van der Waals surface area contributed by atoms with E-state index < -0.39 is 0 Å². The molecule has 0 aliphatic carbocycles. The van der Waals surface area contributed by atoms with Crippen LogP contribution >= 0.6 is 0 Å². The molecule has 0 bridgehead atoms. The van der Waals surface area contributed by atoms with E-state index in [9.17, 15) is 0 Å². The molecule has 1 N–H and O–H groups in total. The third-order valence-electron chi connectivity index (χ3n) is 4.79. The van der Waals surface area contributed by atoms with Crippen LogP contribution in [0, 0.1) is 0 Å². The second kappa shape index (κ2) is 7.88. The molecule has 24 heavy (non-hydrogen) atoms. The molecule has 1 fully saturated rings. The number of hydrogen-bond acceptors (Lipinski definition) is 6. The number of nitrogens with one attached hydrogen (secondary N) is 1. The van der Waals surface area contributed by atoms with Crippen molar-refractivity contribution in [3.05, 3.63) is 47.6 Å². The second-order valence-electron chi connectivity index (χ2n) is 6.23. The fourth-order valence-electron chi connectivity index (χ4n) is 3.32. The van der Waals surface area contributed by atoms with Crippen LogP contribution in [-0.4, -0.2) is 59.7 Å². The maximum Gasteiger partial charge on any atom is 0.248 e. The van der Waals surface area contributed by atoms with E-state index in [1.165, 1.54) is 5.56 Å². The minimum Gasteiger partial charge on any atom is -0.337 e. The fraction of sp³-hybridized carbons (Fsp3) is 0.556. The van der Waals surface area contributed by atoms with Gasteiger partial charge < -0.3 is 9.84 Å². The Morgan fingerprint density at radius 1 is 1.29 bits per heavy atom. The highest BCUT2D eigenvalue weighted by molar-refractivity contribution is 5.24. The first-order chi connectivity index (χ1) is 11.7. The number of piperazine rings is 1. The molecule has 1 aliphatic heterocycles. The van der Waals surface area contributed by atoms with Gasteiger partial charge in [0.1, 0.15) is 6.04 Å². The summed E-state index contributed by atoms with van der Waals surface area (Å²) in [5, 5.41) is 7.70. The summed E-state index contributed by atoms with van der Waals surface area (Å²) < 4.78 is 5.71.